The van der Waals surface area contributed by atoms with Crippen LogP contribution < -0.4 is 5.32 Å². The van der Waals surface area contributed by atoms with E-state index in [4.69, 9.17) is 0 Å². The summed E-state index contributed by atoms with van der Waals surface area (Å²) in [5.41, 5.74) is -0.153. The van der Waals surface area contributed by atoms with Gasteiger partial charge in [-0.2, -0.15) is 4.31 Å². The Hall–Kier alpha value is -1.75. The van der Waals surface area contributed by atoms with Crippen molar-refractivity contribution >= 4 is 21.4 Å². The summed E-state index contributed by atoms with van der Waals surface area (Å²) < 4.78 is 25.9. The molecule has 1 aromatic rings. The number of aliphatic hydroxyl groups excluding tert-OH is 2. The van der Waals surface area contributed by atoms with E-state index in [9.17, 15) is 28.7 Å². The van der Waals surface area contributed by atoms with Gasteiger partial charge in [-0.25, -0.2) is 8.42 Å². The van der Waals surface area contributed by atoms with Gasteiger partial charge in [0, 0.05) is 32.3 Å². The van der Waals surface area contributed by atoms with Crippen molar-refractivity contribution in [3.63, 3.8) is 0 Å². The molecule has 10 heteroatoms. The van der Waals surface area contributed by atoms with Gasteiger partial charge in [-0.15, -0.1) is 0 Å². The van der Waals surface area contributed by atoms with E-state index in [0.29, 0.717) is 0 Å². The number of rotatable bonds is 4. The van der Waals surface area contributed by atoms with Crippen molar-refractivity contribution in [2.45, 2.75) is 17.1 Å². The third kappa shape index (κ3) is 2.83. The van der Waals surface area contributed by atoms with Crippen LogP contribution in [0.4, 0.5) is 11.4 Å². The number of aliphatic hydroxyl groups is 2. The number of nitrogens with one attached hydrogen (secondary N) is 1. The molecule has 0 spiro atoms. The lowest BCUT2D eigenvalue weighted by molar-refractivity contribution is -0.384. The van der Waals surface area contributed by atoms with Crippen LogP contribution in [-0.4, -0.2) is 60.2 Å². The van der Waals surface area contributed by atoms with E-state index in [-0.39, 0.29) is 29.4 Å². The number of β-amino-alcohol motifs (C(OH)–C–C–N with tert-alkyl or cyclic N) is 2. The maximum absolute atomic E-state index is 12.5. The number of nitrogens with zero attached hydrogens (tertiary/aromatic N) is 2. The highest BCUT2D eigenvalue weighted by Crippen LogP contribution is 2.30. The summed E-state index contributed by atoms with van der Waals surface area (Å²) in [7, 11) is -2.51. The first-order valence-corrected chi connectivity index (χ1v) is 7.54. The molecule has 1 aliphatic heterocycles. The Bertz CT molecular complexity index is 652. The smallest absolute Gasteiger partial charge is 0.271 e. The van der Waals surface area contributed by atoms with E-state index in [0.717, 1.165) is 22.5 Å². The number of benzene rings is 1. The lowest BCUT2D eigenvalue weighted by Gasteiger charge is -2.17. The van der Waals surface area contributed by atoms with Crippen LogP contribution in [-0.2, 0) is 10.0 Å². The van der Waals surface area contributed by atoms with Crippen molar-refractivity contribution < 1.29 is 23.6 Å². The maximum Gasteiger partial charge on any atom is 0.271 e. The highest BCUT2D eigenvalue weighted by molar-refractivity contribution is 7.89. The van der Waals surface area contributed by atoms with Gasteiger partial charge < -0.3 is 15.5 Å². The Morgan fingerprint density at radius 3 is 2.38 bits per heavy atom. The summed E-state index contributed by atoms with van der Waals surface area (Å²) in [5.74, 6) is 0. The summed E-state index contributed by atoms with van der Waals surface area (Å²) >= 11 is 0. The molecule has 2 unspecified atom stereocenters. The van der Waals surface area contributed by atoms with Gasteiger partial charge in [0.1, 0.15) is 4.90 Å². The summed E-state index contributed by atoms with van der Waals surface area (Å²) in [6.45, 7) is -0.437. The second kappa shape index (κ2) is 5.56. The van der Waals surface area contributed by atoms with Crippen LogP contribution in [0.15, 0.2) is 23.1 Å². The SMILES string of the molecule is CNc1cc([N+](=O)[O-])ccc1S(=O)(=O)N1CC(O)C(O)C1. The van der Waals surface area contributed by atoms with Crippen LogP contribution in [0.2, 0.25) is 0 Å². The van der Waals surface area contributed by atoms with Gasteiger partial charge in [0.05, 0.1) is 22.8 Å². The molecule has 3 N–H and O–H groups in total. The molecule has 9 nitrogen and oxygen atoms in total. The highest BCUT2D eigenvalue weighted by Gasteiger charge is 2.38. The fourth-order valence-electron chi connectivity index (χ4n) is 2.12. The van der Waals surface area contributed by atoms with Crippen molar-refractivity contribution in [2.24, 2.45) is 0 Å². The van der Waals surface area contributed by atoms with Gasteiger partial charge in [0.25, 0.3) is 5.69 Å². The Morgan fingerprint density at radius 2 is 1.90 bits per heavy atom. The predicted molar refractivity (Wildman–Crippen MR) is 73.4 cm³/mol. The van der Waals surface area contributed by atoms with Gasteiger partial charge in [0.2, 0.25) is 10.0 Å². The van der Waals surface area contributed by atoms with E-state index < -0.39 is 27.2 Å². The molecule has 0 amide bonds. The van der Waals surface area contributed by atoms with Crippen molar-refractivity contribution in [1.29, 1.82) is 0 Å². The molecule has 1 fully saturated rings. The standard InChI is InChI=1S/C11H15N3O6S/c1-12-8-4-7(14(17)18)2-3-11(8)21(19,20)13-5-9(15)10(16)6-13/h2-4,9-10,12,15-16H,5-6H2,1H3. The van der Waals surface area contributed by atoms with Crippen molar-refractivity contribution in [3.05, 3.63) is 28.3 Å². The van der Waals surface area contributed by atoms with Gasteiger partial charge in [-0.1, -0.05) is 0 Å². The van der Waals surface area contributed by atoms with Gasteiger partial charge >= 0.3 is 0 Å². The zero-order chi connectivity index (χ0) is 15.8. The Labute approximate surface area is 121 Å². The maximum atomic E-state index is 12.5. The minimum Gasteiger partial charge on any atom is -0.389 e. The zero-order valence-corrected chi connectivity index (χ0v) is 11.9. The van der Waals surface area contributed by atoms with Crippen molar-refractivity contribution in [3.8, 4) is 0 Å². The van der Waals surface area contributed by atoms with Crippen molar-refractivity contribution in [1.82, 2.24) is 4.31 Å². The molecule has 0 aliphatic carbocycles. The van der Waals surface area contributed by atoms with Crippen LogP contribution in [0.5, 0.6) is 0 Å². The first kappa shape index (κ1) is 15.6. The summed E-state index contributed by atoms with van der Waals surface area (Å²) in [6.07, 6.45) is -2.29. The third-order valence-corrected chi connectivity index (χ3v) is 5.18. The zero-order valence-electron chi connectivity index (χ0n) is 11.1. The predicted octanol–water partition coefficient (Wildman–Crippen LogP) is -0.637. The molecular weight excluding hydrogens is 302 g/mol. The quantitative estimate of drug-likeness (QED) is 0.497. The monoisotopic (exact) mass is 317 g/mol. The lowest BCUT2D eigenvalue weighted by atomic mass is 10.3. The molecule has 2 rings (SSSR count). The first-order valence-electron chi connectivity index (χ1n) is 6.10. The second-order valence-corrected chi connectivity index (χ2v) is 6.55. The molecule has 0 aromatic heterocycles. The highest BCUT2D eigenvalue weighted by atomic mass is 32.2. The number of hydrogen-bond donors (Lipinski definition) is 3. The summed E-state index contributed by atoms with van der Waals surface area (Å²) in [4.78, 5) is 9.96. The molecule has 2 atom stereocenters. The van der Waals surface area contributed by atoms with Crippen LogP contribution in [0.1, 0.15) is 0 Å². The number of nitro groups is 1. The van der Waals surface area contributed by atoms with Gasteiger partial charge in [0.15, 0.2) is 0 Å². The van der Waals surface area contributed by atoms with Crippen LogP contribution >= 0.6 is 0 Å². The minimum atomic E-state index is -3.96. The number of hydrogen-bond acceptors (Lipinski definition) is 7. The molecule has 116 valence electrons. The topological polar surface area (TPSA) is 133 Å². The molecule has 1 aliphatic rings. The fourth-order valence-corrected chi connectivity index (χ4v) is 3.78. The fraction of sp³-hybridized carbons (Fsp3) is 0.455. The van der Waals surface area contributed by atoms with Gasteiger partial charge in [-0.3, -0.25) is 10.1 Å². The largest absolute Gasteiger partial charge is 0.389 e. The minimum absolute atomic E-state index is 0.0834. The summed E-state index contributed by atoms with van der Waals surface area (Å²) in [5, 5.41) is 32.3. The average molecular weight is 317 g/mol. The summed E-state index contributed by atoms with van der Waals surface area (Å²) in [6, 6.07) is 3.35. The number of sulfonamides is 1. The first-order chi connectivity index (χ1) is 9.77. The van der Waals surface area contributed by atoms with E-state index in [1.807, 2.05) is 0 Å². The molecule has 1 saturated heterocycles. The third-order valence-electron chi connectivity index (χ3n) is 3.29. The number of anilines is 1. The van der Waals surface area contributed by atoms with Crippen LogP contribution in [0.25, 0.3) is 0 Å². The van der Waals surface area contributed by atoms with E-state index in [1.165, 1.54) is 7.05 Å². The van der Waals surface area contributed by atoms with Crippen LogP contribution in [0, 0.1) is 10.1 Å². The average Bonchev–Trinajstić information content (AvgIpc) is 2.78. The molecule has 0 radical (unpaired) electrons. The van der Waals surface area contributed by atoms with Crippen LogP contribution in [0.3, 0.4) is 0 Å². The Balaban J connectivity index is 2.43. The molecule has 0 saturated carbocycles. The van der Waals surface area contributed by atoms with Crippen molar-refractivity contribution in [2.75, 3.05) is 25.5 Å². The number of nitro benzene ring substituents is 1. The van der Waals surface area contributed by atoms with E-state index in [2.05, 4.69) is 5.32 Å². The molecule has 21 heavy (non-hydrogen) atoms. The van der Waals surface area contributed by atoms with E-state index in [1.54, 1.807) is 0 Å². The van der Waals surface area contributed by atoms with Gasteiger partial charge in [-0.05, 0) is 6.07 Å². The number of non-ortho nitro benzene ring substituents is 1. The van der Waals surface area contributed by atoms with E-state index >= 15 is 0 Å². The Morgan fingerprint density at radius 1 is 1.33 bits per heavy atom. The molecular formula is C11H15N3O6S. The molecule has 0 bridgehead atoms. The second-order valence-electron chi connectivity index (χ2n) is 4.64. The molecule has 1 aromatic carbocycles. The Kier molecular flexibility index (Phi) is 4.14. The normalized spacial score (nSPS) is 23.2. The molecule has 1 heterocycles. The lowest BCUT2D eigenvalue weighted by Crippen LogP contribution is -2.30.